The minimum absolute atomic E-state index is 0.188. The summed E-state index contributed by atoms with van der Waals surface area (Å²) in [6, 6.07) is 7.79. The van der Waals surface area contributed by atoms with Crippen LogP contribution in [-0.2, 0) is 4.79 Å². The molecular weight excluding hydrogens is 441 g/mol. The number of carbonyl (C=O) groups excluding carboxylic acids is 1. The maximum absolute atomic E-state index is 14.3. The van der Waals surface area contributed by atoms with E-state index in [1.165, 1.54) is 30.6 Å². The Bertz CT molecular complexity index is 1340. The normalized spacial score (nSPS) is 21.1. The number of carbonyl (C=O) groups is 1. The number of halogens is 2. The molecule has 3 aromatic rings. The standard InChI is InChI=1S/C25H21ClFN5O/c1-3-24(33)30-21-10-17-22(8-14(21)4-6-16-18-11-32(2)12-19(16)18)28-13-29-25(17)31-23-9-15(26)5-7-20(23)27/h3,5,7-10,13,16,18-19H,1,11-12H2,2H3,(H,30,33)(H,28,29,31)/t16?,18-,19?/m0/s1. The largest absolute Gasteiger partial charge is 0.337 e. The summed E-state index contributed by atoms with van der Waals surface area (Å²) in [4.78, 5) is 23.0. The molecule has 8 heteroatoms. The van der Waals surface area contributed by atoms with Crippen LogP contribution >= 0.6 is 11.6 Å². The van der Waals surface area contributed by atoms with Crippen molar-refractivity contribution in [1.82, 2.24) is 14.9 Å². The van der Waals surface area contributed by atoms with Crippen molar-refractivity contribution in [3.05, 3.63) is 65.7 Å². The zero-order valence-electron chi connectivity index (χ0n) is 17.9. The molecule has 33 heavy (non-hydrogen) atoms. The third-order valence-electron chi connectivity index (χ3n) is 6.15. The number of benzene rings is 2. The third kappa shape index (κ3) is 4.28. The molecule has 1 aliphatic heterocycles. The van der Waals surface area contributed by atoms with E-state index in [4.69, 9.17) is 11.6 Å². The fourth-order valence-corrected chi connectivity index (χ4v) is 4.60. The molecule has 6 nitrogen and oxygen atoms in total. The number of fused-ring (bicyclic) bond motifs is 2. The lowest BCUT2D eigenvalue weighted by atomic mass is 10.1. The molecule has 3 atom stereocenters. The summed E-state index contributed by atoms with van der Waals surface area (Å²) in [5, 5.41) is 6.79. The number of rotatable bonds is 4. The number of nitrogens with zero attached hydrogens (tertiary/aromatic N) is 3. The minimum atomic E-state index is -0.463. The molecule has 2 N–H and O–H groups in total. The Morgan fingerprint density at radius 3 is 2.79 bits per heavy atom. The van der Waals surface area contributed by atoms with E-state index in [0.29, 0.717) is 50.7 Å². The van der Waals surface area contributed by atoms with Gasteiger partial charge in [0.1, 0.15) is 18.0 Å². The van der Waals surface area contributed by atoms with E-state index < -0.39 is 5.82 Å². The fourth-order valence-electron chi connectivity index (χ4n) is 4.43. The van der Waals surface area contributed by atoms with Gasteiger partial charge in [-0.3, -0.25) is 4.79 Å². The zero-order chi connectivity index (χ0) is 23.1. The van der Waals surface area contributed by atoms with E-state index in [1.54, 1.807) is 6.07 Å². The van der Waals surface area contributed by atoms with E-state index in [9.17, 15) is 9.18 Å². The zero-order valence-corrected chi connectivity index (χ0v) is 18.7. The van der Waals surface area contributed by atoms with Gasteiger partial charge in [-0.2, -0.15) is 0 Å². The number of likely N-dealkylation sites (tertiary alicyclic amines) is 1. The van der Waals surface area contributed by atoms with Gasteiger partial charge in [-0.05, 0) is 55.3 Å². The Morgan fingerprint density at radius 2 is 2.03 bits per heavy atom. The highest BCUT2D eigenvalue weighted by atomic mass is 35.5. The second kappa shape index (κ2) is 8.47. The van der Waals surface area contributed by atoms with Crippen LogP contribution in [0.4, 0.5) is 21.6 Å². The third-order valence-corrected chi connectivity index (χ3v) is 6.38. The van der Waals surface area contributed by atoms with Crippen molar-refractivity contribution in [2.24, 2.45) is 17.8 Å². The van der Waals surface area contributed by atoms with Gasteiger partial charge >= 0.3 is 0 Å². The van der Waals surface area contributed by atoms with Crippen LogP contribution in [-0.4, -0.2) is 40.9 Å². The molecule has 1 aliphatic carbocycles. The lowest BCUT2D eigenvalue weighted by Crippen LogP contribution is -2.18. The molecule has 0 spiro atoms. The summed E-state index contributed by atoms with van der Waals surface area (Å²) < 4.78 is 14.3. The first kappa shape index (κ1) is 21.4. The molecule has 1 amide bonds. The number of hydrogen-bond donors (Lipinski definition) is 2. The van der Waals surface area contributed by atoms with E-state index in [0.717, 1.165) is 13.1 Å². The van der Waals surface area contributed by atoms with Crippen molar-refractivity contribution in [3.8, 4) is 11.8 Å². The number of anilines is 3. The summed E-state index contributed by atoms with van der Waals surface area (Å²) in [6.45, 7) is 5.67. The van der Waals surface area contributed by atoms with Gasteiger partial charge < -0.3 is 15.5 Å². The lowest BCUT2D eigenvalue weighted by molar-refractivity contribution is -0.111. The topological polar surface area (TPSA) is 70.1 Å². The van der Waals surface area contributed by atoms with Gasteiger partial charge in [0.05, 0.1) is 22.5 Å². The SMILES string of the molecule is C=CC(=O)Nc1cc2c(Nc3cc(Cl)ccc3F)ncnc2cc1C#CC1C2CN(C)C[C@@H]12. The van der Waals surface area contributed by atoms with Gasteiger partial charge in [0.2, 0.25) is 5.91 Å². The van der Waals surface area contributed by atoms with Crippen molar-refractivity contribution in [2.45, 2.75) is 0 Å². The summed E-state index contributed by atoms with van der Waals surface area (Å²) >= 11 is 6.01. The van der Waals surface area contributed by atoms with Gasteiger partial charge in [0.25, 0.3) is 0 Å². The predicted octanol–water partition coefficient (Wildman–Crippen LogP) is 4.45. The lowest BCUT2D eigenvalue weighted by Gasteiger charge is -2.12. The van der Waals surface area contributed by atoms with Crippen LogP contribution in [0.1, 0.15) is 5.56 Å². The maximum Gasteiger partial charge on any atom is 0.247 e. The van der Waals surface area contributed by atoms with Crippen molar-refractivity contribution in [1.29, 1.82) is 0 Å². The molecule has 1 saturated carbocycles. The molecule has 2 heterocycles. The first-order chi connectivity index (χ1) is 15.9. The van der Waals surface area contributed by atoms with E-state index in [1.807, 2.05) is 6.07 Å². The highest BCUT2D eigenvalue weighted by Crippen LogP contribution is 2.50. The van der Waals surface area contributed by atoms with Gasteiger partial charge in [-0.25, -0.2) is 14.4 Å². The van der Waals surface area contributed by atoms with Crippen LogP contribution in [0.3, 0.4) is 0 Å². The quantitative estimate of drug-likeness (QED) is 0.444. The highest BCUT2D eigenvalue weighted by molar-refractivity contribution is 6.30. The van der Waals surface area contributed by atoms with Crippen molar-refractivity contribution in [2.75, 3.05) is 30.8 Å². The summed E-state index contributed by atoms with van der Waals surface area (Å²) in [5.41, 5.74) is 1.99. The van der Waals surface area contributed by atoms with Crippen LogP contribution in [0.25, 0.3) is 10.9 Å². The number of nitrogens with one attached hydrogen (secondary N) is 2. The number of amides is 1. The van der Waals surface area contributed by atoms with Gasteiger partial charge in [0, 0.05) is 29.4 Å². The monoisotopic (exact) mass is 461 g/mol. The first-order valence-electron chi connectivity index (χ1n) is 10.6. The molecule has 0 radical (unpaired) electrons. The second-order valence-electron chi connectivity index (χ2n) is 8.42. The minimum Gasteiger partial charge on any atom is -0.337 e. The molecule has 0 bridgehead atoms. The first-order valence-corrected chi connectivity index (χ1v) is 10.9. The Kier molecular flexibility index (Phi) is 5.49. The average molecular weight is 462 g/mol. The Morgan fingerprint density at radius 1 is 1.24 bits per heavy atom. The van der Waals surface area contributed by atoms with Crippen molar-refractivity contribution in [3.63, 3.8) is 0 Å². The Balaban J connectivity index is 1.53. The molecule has 166 valence electrons. The number of aromatic nitrogens is 2. The van der Waals surface area contributed by atoms with Gasteiger partial charge in [0.15, 0.2) is 0 Å². The summed E-state index contributed by atoms with van der Waals surface area (Å²) in [6.07, 6.45) is 2.60. The molecule has 2 aliphatic rings. The maximum atomic E-state index is 14.3. The van der Waals surface area contributed by atoms with Crippen LogP contribution < -0.4 is 10.6 Å². The van der Waals surface area contributed by atoms with Crippen molar-refractivity contribution >= 4 is 45.6 Å². The summed E-state index contributed by atoms with van der Waals surface area (Å²) in [7, 11) is 2.13. The second-order valence-corrected chi connectivity index (χ2v) is 8.86. The molecule has 1 saturated heterocycles. The molecule has 2 fully saturated rings. The van der Waals surface area contributed by atoms with E-state index in [2.05, 4.69) is 51.0 Å². The van der Waals surface area contributed by atoms with E-state index in [-0.39, 0.29) is 11.6 Å². The van der Waals surface area contributed by atoms with Crippen molar-refractivity contribution < 1.29 is 9.18 Å². The molecule has 1 aromatic heterocycles. The van der Waals surface area contributed by atoms with E-state index >= 15 is 0 Å². The van der Waals surface area contributed by atoms with Crippen LogP contribution in [0.15, 0.2) is 49.3 Å². The fraction of sp³-hybridized carbons (Fsp3) is 0.240. The van der Waals surface area contributed by atoms with Gasteiger partial charge in [-0.1, -0.05) is 30.0 Å². The Labute approximate surface area is 195 Å². The van der Waals surface area contributed by atoms with Crippen LogP contribution in [0.2, 0.25) is 5.02 Å². The Hall–Kier alpha value is -3.47. The number of hydrogen-bond acceptors (Lipinski definition) is 5. The average Bonchev–Trinajstić information content (AvgIpc) is 3.26. The molecule has 2 aromatic carbocycles. The van der Waals surface area contributed by atoms with Crippen LogP contribution in [0.5, 0.6) is 0 Å². The predicted molar refractivity (Wildman–Crippen MR) is 128 cm³/mol. The molecular formula is C25H21ClFN5O. The summed E-state index contributed by atoms with van der Waals surface area (Å²) in [5.74, 6) is 7.83. The molecule has 5 rings (SSSR count). The molecule has 2 unspecified atom stereocenters. The van der Waals surface area contributed by atoms with Gasteiger partial charge in [-0.15, -0.1) is 0 Å². The van der Waals surface area contributed by atoms with Crippen LogP contribution in [0, 0.1) is 35.4 Å². The smallest absolute Gasteiger partial charge is 0.247 e. The highest BCUT2D eigenvalue weighted by Gasteiger charge is 2.53. The number of piperidine rings is 1.